The Morgan fingerprint density at radius 3 is 1.09 bits per heavy atom. The highest BCUT2D eigenvalue weighted by Crippen LogP contribution is 2.39. The molecular weight excluding hydrogens is 540 g/mol. The van der Waals surface area contributed by atoms with E-state index in [0.29, 0.717) is 0 Å². The zero-order valence-electron chi connectivity index (χ0n) is 28.7. The van der Waals surface area contributed by atoms with E-state index in [-0.39, 0.29) is 0 Å². The largest absolute Gasteiger partial charge is 0.0654 e. The fraction of sp³-hybridized carbons (Fsp3) is 0.467. The normalized spacial score (nSPS) is 21.5. The van der Waals surface area contributed by atoms with Crippen molar-refractivity contribution in [2.45, 2.75) is 123 Å². The Labute approximate surface area is 275 Å². The topological polar surface area (TPSA) is 0 Å². The predicted molar refractivity (Wildman–Crippen MR) is 197 cm³/mol. The summed E-state index contributed by atoms with van der Waals surface area (Å²) >= 11 is 0. The standard InChI is InChI=1S/C23H30.C22H28/c1-3-5-19-8-12-21(13-9-19)23-16-14-22(15-17-23)20-10-6-18(4-2)7-11-20;1-3-4-18-7-11-20(12-8-18)22-15-13-21(14-16-22)19-9-5-17(2)6-10-19/h6-7,10-11,14-17,19,21H,3-5,8-9,12-13H2,1-2H3;5-6,9-10,13-16,18,20H,3-4,7-8,11-12H2,1-2H3. The monoisotopic (exact) mass is 598 g/mol. The molecule has 2 aliphatic rings. The first-order valence-electron chi connectivity index (χ1n) is 18.4. The van der Waals surface area contributed by atoms with Crippen LogP contribution in [0.5, 0.6) is 0 Å². The lowest BCUT2D eigenvalue weighted by molar-refractivity contribution is 0.308. The summed E-state index contributed by atoms with van der Waals surface area (Å²) in [5.41, 5.74) is 11.2. The molecule has 0 spiro atoms. The van der Waals surface area contributed by atoms with Crippen LogP contribution in [0.2, 0.25) is 0 Å². The van der Waals surface area contributed by atoms with E-state index < -0.39 is 0 Å². The highest BCUT2D eigenvalue weighted by molar-refractivity contribution is 5.65. The van der Waals surface area contributed by atoms with Gasteiger partial charge in [0.1, 0.15) is 0 Å². The Morgan fingerprint density at radius 2 is 0.756 bits per heavy atom. The van der Waals surface area contributed by atoms with Crippen LogP contribution in [-0.2, 0) is 6.42 Å². The molecule has 4 aromatic carbocycles. The summed E-state index contributed by atoms with van der Waals surface area (Å²) in [6.45, 7) is 8.98. The highest BCUT2D eigenvalue weighted by Gasteiger charge is 2.22. The van der Waals surface area contributed by atoms with Crippen molar-refractivity contribution in [2.75, 3.05) is 0 Å². The van der Waals surface area contributed by atoms with Crippen LogP contribution < -0.4 is 0 Å². The number of rotatable bonds is 9. The number of aryl methyl sites for hydroxylation is 2. The second kappa shape index (κ2) is 17.0. The van der Waals surface area contributed by atoms with E-state index in [0.717, 1.165) is 30.1 Å². The third-order valence-electron chi connectivity index (χ3n) is 10.9. The van der Waals surface area contributed by atoms with Gasteiger partial charge in [-0.2, -0.15) is 0 Å². The SMILES string of the molecule is CCCC1CCC(c2ccc(-c3ccc(C)cc3)cc2)CC1.CCCC1CCC(c2ccc(-c3ccc(CC)cc3)cc2)CC1. The van der Waals surface area contributed by atoms with Crippen molar-refractivity contribution >= 4 is 0 Å². The molecule has 0 radical (unpaired) electrons. The van der Waals surface area contributed by atoms with Crippen LogP contribution in [0, 0.1) is 18.8 Å². The fourth-order valence-electron chi connectivity index (χ4n) is 7.96. The Bertz CT molecular complexity index is 1380. The van der Waals surface area contributed by atoms with Crippen LogP contribution in [0.1, 0.15) is 132 Å². The van der Waals surface area contributed by atoms with Crippen molar-refractivity contribution in [3.63, 3.8) is 0 Å². The van der Waals surface area contributed by atoms with Crippen LogP contribution in [0.25, 0.3) is 22.3 Å². The van der Waals surface area contributed by atoms with Crippen molar-refractivity contribution in [1.29, 1.82) is 0 Å². The van der Waals surface area contributed by atoms with Crippen molar-refractivity contribution in [3.8, 4) is 22.3 Å². The molecule has 238 valence electrons. The summed E-state index contributed by atoms with van der Waals surface area (Å²) in [5, 5.41) is 0. The molecule has 2 fully saturated rings. The molecule has 2 aliphatic carbocycles. The first-order chi connectivity index (χ1) is 22.1. The Kier molecular flexibility index (Phi) is 12.5. The number of hydrogen-bond acceptors (Lipinski definition) is 0. The molecule has 0 unspecified atom stereocenters. The van der Waals surface area contributed by atoms with Gasteiger partial charge in [0.05, 0.1) is 0 Å². The molecule has 0 atom stereocenters. The molecule has 0 nitrogen and oxygen atoms in total. The van der Waals surface area contributed by atoms with Gasteiger partial charge in [-0.05, 0) is 127 Å². The molecular formula is C45H58. The molecule has 0 heterocycles. The first kappa shape index (κ1) is 33.2. The summed E-state index contributed by atoms with van der Waals surface area (Å²) < 4.78 is 0. The van der Waals surface area contributed by atoms with Crippen LogP contribution in [0.4, 0.5) is 0 Å². The van der Waals surface area contributed by atoms with Gasteiger partial charge in [0, 0.05) is 0 Å². The number of benzene rings is 4. The lowest BCUT2D eigenvalue weighted by atomic mass is 9.77. The van der Waals surface area contributed by atoms with Crippen molar-refractivity contribution < 1.29 is 0 Å². The van der Waals surface area contributed by atoms with Gasteiger partial charge in [-0.15, -0.1) is 0 Å². The molecule has 0 bridgehead atoms. The van der Waals surface area contributed by atoms with Gasteiger partial charge in [-0.1, -0.05) is 149 Å². The molecule has 4 aromatic rings. The van der Waals surface area contributed by atoms with Gasteiger partial charge < -0.3 is 0 Å². The molecule has 0 heteroatoms. The third-order valence-corrected chi connectivity index (χ3v) is 10.9. The van der Waals surface area contributed by atoms with Gasteiger partial charge in [-0.25, -0.2) is 0 Å². The van der Waals surface area contributed by atoms with E-state index in [4.69, 9.17) is 0 Å². The van der Waals surface area contributed by atoms with E-state index in [1.54, 1.807) is 11.1 Å². The van der Waals surface area contributed by atoms with E-state index in [1.165, 1.54) is 110 Å². The average Bonchev–Trinajstić information content (AvgIpc) is 3.10. The summed E-state index contributed by atoms with van der Waals surface area (Å²) in [7, 11) is 0. The van der Waals surface area contributed by atoms with Crippen molar-refractivity contribution in [3.05, 3.63) is 119 Å². The van der Waals surface area contributed by atoms with E-state index in [1.807, 2.05) is 0 Å². The first-order valence-corrected chi connectivity index (χ1v) is 18.4. The highest BCUT2D eigenvalue weighted by atomic mass is 14.3. The summed E-state index contributed by atoms with van der Waals surface area (Å²) in [5.74, 6) is 3.57. The van der Waals surface area contributed by atoms with Gasteiger partial charge in [0.15, 0.2) is 0 Å². The Hall–Kier alpha value is -3.12. The molecule has 0 N–H and O–H groups in total. The lowest BCUT2D eigenvalue weighted by Gasteiger charge is -2.28. The Balaban J connectivity index is 0.000000178. The smallest absolute Gasteiger partial charge is 0.0162 e. The van der Waals surface area contributed by atoms with E-state index in [2.05, 4.69) is 125 Å². The zero-order chi connectivity index (χ0) is 31.4. The van der Waals surface area contributed by atoms with Gasteiger partial charge in [0.25, 0.3) is 0 Å². The minimum atomic E-state index is 0.791. The second-order valence-electron chi connectivity index (χ2n) is 14.2. The van der Waals surface area contributed by atoms with Crippen LogP contribution in [-0.4, -0.2) is 0 Å². The summed E-state index contributed by atoms with van der Waals surface area (Å²) in [4.78, 5) is 0. The molecule has 0 saturated heterocycles. The van der Waals surface area contributed by atoms with Crippen molar-refractivity contribution in [2.24, 2.45) is 11.8 Å². The minimum Gasteiger partial charge on any atom is -0.0654 e. The zero-order valence-corrected chi connectivity index (χ0v) is 28.7. The predicted octanol–water partition coefficient (Wildman–Crippen LogP) is 13.7. The maximum Gasteiger partial charge on any atom is -0.0162 e. The Morgan fingerprint density at radius 1 is 0.422 bits per heavy atom. The van der Waals surface area contributed by atoms with E-state index >= 15 is 0 Å². The molecule has 2 saturated carbocycles. The molecule has 45 heavy (non-hydrogen) atoms. The summed E-state index contributed by atoms with van der Waals surface area (Å²) in [6, 6.07) is 36.5. The molecule has 0 aliphatic heterocycles. The molecule has 6 rings (SSSR count). The quantitative estimate of drug-likeness (QED) is 0.180. The number of hydrogen-bond donors (Lipinski definition) is 0. The van der Waals surface area contributed by atoms with Gasteiger partial charge in [-0.3, -0.25) is 0 Å². The molecule has 0 aromatic heterocycles. The lowest BCUT2D eigenvalue weighted by Crippen LogP contribution is -2.13. The average molecular weight is 599 g/mol. The van der Waals surface area contributed by atoms with Crippen LogP contribution >= 0.6 is 0 Å². The second-order valence-corrected chi connectivity index (χ2v) is 14.2. The van der Waals surface area contributed by atoms with Crippen LogP contribution in [0.15, 0.2) is 97.1 Å². The maximum atomic E-state index is 2.37. The third kappa shape index (κ3) is 9.45. The van der Waals surface area contributed by atoms with Gasteiger partial charge in [0.2, 0.25) is 0 Å². The maximum absolute atomic E-state index is 2.37. The fourth-order valence-corrected chi connectivity index (χ4v) is 7.96. The van der Waals surface area contributed by atoms with E-state index in [9.17, 15) is 0 Å². The van der Waals surface area contributed by atoms with Gasteiger partial charge >= 0.3 is 0 Å². The minimum absolute atomic E-state index is 0.791. The van der Waals surface area contributed by atoms with Crippen LogP contribution in [0.3, 0.4) is 0 Å². The molecule has 0 amide bonds. The van der Waals surface area contributed by atoms with Crippen molar-refractivity contribution in [1.82, 2.24) is 0 Å². The summed E-state index contributed by atoms with van der Waals surface area (Å²) in [6.07, 6.45) is 17.9.